The van der Waals surface area contributed by atoms with E-state index in [-0.39, 0.29) is 6.54 Å². The van der Waals surface area contributed by atoms with E-state index in [0.717, 1.165) is 0 Å². The van der Waals surface area contributed by atoms with Crippen LogP contribution in [0.4, 0.5) is 0 Å². The van der Waals surface area contributed by atoms with Crippen molar-refractivity contribution < 1.29 is 14.8 Å². The molecule has 0 aliphatic heterocycles. The van der Waals surface area contributed by atoms with Gasteiger partial charge >= 0.3 is 5.97 Å². The maximum Gasteiger partial charge on any atom is 0.307 e. The Hall–Kier alpha value is -1.91. The Kier molecular flexibility index (Phi) is 3.99. The highest BCUT2D eigenvalue weighted by atomic mass is 16.6. The Labute approximate surface area is 92.9 Å². The third-order valence-electron chi connectivity index (χ3n) is 2.57. The number of hydrogen-bond acceptors (Lipinski definition) is 3. The van der Waals surface area contributed by atoms with Crippen molar-refractivity contribution in [3.05, 3.63) is 46.0 Å². The van der Waals surface area contributed by atoms with Crippen LogP contribution >= 0.6 is 0 Å². The third-order valence-corrected chi connectivity index (χ3v) is 2.57. The van der Waals surface area contributed by atoms with E-state index >= 15 is 0 Å². The molecule has 2 atom stereocenters. The average Bonchev–Trinajstić information content (AvgIpc) is 2.26. The van der Waals surface area contributed by atoms with Gasteiger partial charge in [-0.25, -0.2) is 0 Å². The van der Waals surface area contributed by atoms with Crippen LogP contribution in [0.5, 0.6) is 0 Å². The molecule has 0 aliphatic carbocycles. The smallest absolute Gasteiger partial charge is 0.307 e. The van der Waals surface area contributed by atoms with Crippen LogP contribution in [-0.2, 0) is 4.79 Å². The summed E-state index contributed by atoms with van der Waals surface area (Å²) in [6.07, 6.45) is 0. The van der Waals surface area contributed by atoms with E-state index in [1.54, 1.807) is 30.3 Å². The second-order valence-corrected chi connectivity index (χ2v) is 3.66. The van der Waals surface area contributed by atoms with Gasteiger partial charge in [0.15, 0.2) is 0 Å². The molecule has 0 bridgehead atoms. The van der Waals surface area contributed by atoms with E-state index in [4.69, 9.17) is 5.11 Å². The minimum absolute atomic E-state index is 0.364. The predicted octanol–water partition coefficient (Wildman–Crippen LogP) is 1.77. The zero-order valence-electron chi connectivity index (χ0n) is 8.87. The van der Waals surface area contributed by atoms with Crippen LogP contribution in [0.25, 0.3) is 0 Å². The van der Waals surface area contributed by atoms with Crippen molar-refractivity contribution in [3.8, 4) is 0 Å². The fourth-order valence-electron chi connectivity index (χ4n) is 1.59. The third kappa shape index (κ3) is 3.05. The van der Waals surface area contributed by atoms with Crippen LogP contribution in [0.1, 0.15) is 18.4 Å². The minimum Gasteiger partial charge on any atom is -0.481 e. The molecule has 1 rings (SSSR count). The molecule has 86 valence electrons. The molecule has 0 radical (unpaired) electrons. The fourth-order valence-corrected chi connectivity index (χ4v) is 1.59. The van der Waals surface area contributed by atoms with E-state index < -0.39 is 22.7 Å². The second kappa shape index (κ2) is 5.25. The SMILES string of the molecule is CC(C(=O)O)C(C[N+](=O)[O-])c1ccccc1. The van der Waals surface area contributed by atoms with E-state index in [1.807, 2.05) is 0 Å². The molecule has 0 amide bonds. The lowest BCUT2D eigenvalue weighted by Crippen LogP contribution is -2.25. The second-order valence-electron chi connectivity index (χ2n) is 3.66. The summed E-state index contributed by atoms with van der Waals surface area (Å²) >= 11 is 0. The highest BCUT2D eigenvalue weighted by Gasteiger charge is 2.29. The summed E-state index contributed by atoms with van der Waals surface area (Å²) in [4.78, 5) is 20.9. The molecular formula is C11H13NO4. The molecule has 0 aliphatic rings. The molecule has 0 aromatic heterocycles. The first-order valence-electron chi connectivity index (χ1n) is 4.92. The maximum absolute atomic E-state index is 10.9. The number of benzene rings is 1. The van der Waals surface area contributed by atoms with Crippen LogP contribution in [0.2, 0.25) is 0 Å². The van der Waals surface area contributed by atoms with Gasteiger partial charge in [0.25, 0.3) is 0 Å². The predicted molar refractivity (Wildman–Crippen MR) is 57.8 cm³/mol. The minimum atomic E-state index is -1.02. The lowest BCUT2D eigenvalue weighted by atomic mass is 9.87. The quantitative estimate of drug-likeness (QED) is 0.609. The monoisotopic (exact) mass is 223 g/mol. The molecule has 16 heavy (non-hydrogen) atoms. The number of nitro groups is 1. The van der Waals surface area contributed by atoms with Crippen LogP contribution in [-0.4, -0.2) is 22.5 Å². The van der Waals surface area contributed by atoms with E-state index in [0.29, 0.717) is 5.56 Å². The Morgan fingerprint density at radius 2 is 2.00 bits per heavy atom. The number of aliphatic carboxylic acids is 1. The normalized spacial score (nSPS) is 14.1. The molecule has 0 fully saturated rings. The first kappa shape index (κ1) is 12.2. The van der Waals surface area contributed by atoms with Crippen LogP contribution in [0, 0.1) is 16.0 Å². The van der Waals surface area contributed by atoms with Gasteiger partial charge in [-0.15, -0.1) is 0 Å². The summed E-state index contributed by atoms with van der Waals surface area (Å²) in [5, 5.41) is 19.4. The van der Waals surface area contributed by atoms with Gasteiger partial charge in [-0.3, -0.25) is 14.9 Å². The Morgan fingerprint density at radius 1 is 1.44 bits per heavy atom. The highest BCUT2D eigenvalue weighted by Crippen LogP contribution is 2.24. The fraction of sp³-hybridized carbons (Fsp3) is 0.364. The van der Waals surface area contributed by atoms with Crippen molar-refractivity contribution in [2.75, 3.05) is 6.54 Å². The van der Waals surface area contributed by atoms with E-state index in [1.165, 1.54) is 6.92 Å². The molecule has 1 aromatic rings. The first-order valence-corrected chi connectivity index (χ1v) is 4.92. The van der Waals surface area contributed by atoms with Gasteiger partial charge in [0, 0.05) is 4.92 Å². The molecular weight excluding hydrogens is 210 g/mol. The summed E-state index contributed by atoms with van der Waals surface area (Å²) in [7, 11) is 0. The number of rotatable bonds is 5. The van der Waals surface area contributed by atoms with Crippen LogP contribution in [0.3, 0.4) is 0 Å². The van der Waals surface area contributed by atoms with Crippen LogP contribution < -0.4 is 0 Å². The molecule has 0 heterocycles. The van der Waals surface area contributed by atoms with Crippen molar-refractivity contribution in [2.45, 2.75) is 12.8 Å². The van der Waals surface area contributed by atoms with Crippen molar-refractivity contribution in [2.24, 2.45) is 5.92 Å². The number of carbonyl (C=O) groups is 1. The molecule has 2 unspecified atom stereocenters. The first-order chi connectivity index (χ1) is 7.52. The molecule has 5 nitrogen and oxygen atoms in total. The molecule has 1 aromatic carbocycles. The molecule has 0 saturated carbocycles. The topological polar surface area (TPSA) is 80.4 Å². The summed E-state index contributed by atoms with van der Waals surface area (Å²) in [5.41, 5.74) is 0.689. The number of nitrogens with zero attached hydrogens (tertiary/aromatic N) is 1. The van der Waals surface area contributed by atoms with Gasteiger partial charge < -0.3 is 5.11 Å². The van der Waals surface area contributed by atoms with Gasteiger partial charge in [-0.1, -0.05) is 37.3 Å². The standard InChI is InChI=1S/C11H13NO4/c1-8(11(13)14)10(7-12(15)16)9-5-3-2-4-6-9/h2-6,8,10H,7H2,1H3,(H,13,14). The number of hydrogen-bond donors (Lipinski definition) is 1. The number of carboxylic acids is 1. The van der Waals surface area contributed by atoms with E-state index in [9.17, 15) is 14.9 Å². The zero-order chi connectivity index (χ0) is 12.1. The van der Waals surface area contributed by atoms with Crippen molar-refractivity contribution in [3.63, 3.8) is 0 Å². The van der Waals surface area contributed by atoms with Crippen molar-refractivity contribution in [1.29, 1.82) is 0 Å². The number of carboxylic acid groups (broad SMARTS) is 1. The summed E-state index contributed by atoms with van der Waals surface area (Å²) in [6, 6.07) is 8.72. The summed E-state index contributed by atoms with van der Waals surface area (Å²) in [5.74, 6) is -2.38. The van der Waals surface area contributed by atoms with E-state index in [2.05, 4.69) is 0 Å². The molecule has 1 N–H and O–H groups in total. The van der Waals surface area contributed by atoms with Crippen LogP contribution in [0.15, 0.2) is 30.3 Å². The molecule has 0 saturated heterocycles. The molecule has 0 spiro atoms. The van der Waals surface area contributed by atoms with Gasteiger partial charge in [-0.2, -0.15) is 0 Å². The average molecular weight is 223 g/mol. The Bertz CT molecular complexity index is 377. The molecule has 5 heteroatoms. The highest BCUT2D eigenvalue weighted by molar-refractivity contribution is 5.70. The van der Waals surface area contributed by atoms with Crippen molar-refractivity contribution >= 4 is 5.97 Å². The zero-order valence-corrected chi connectivity index (χ0v) is 8.87. The van der Waals surface area contributed by atoms with Gasteiger partial charge in [-0.05, 0) is 5.56 Å². The lowest BCUT2D eigenvalue weighted by molar-refractivity contribution is -0.484. The maximum atomic E-state index is 10.9. The summed E-state index contributed by atoms with van der Waals surface area (Å²) < 4.78 is 0. The van der Waals surface area contributed by atoms with Gasteiger partial charge in [0.2, 0.25) is 6.54 Å². The summed E-state index contributed by atoms with van der Waals surface area (Å²) in [6.45, 7) is 1.13. The van der Waals surface area contributed by atoms with Gasteiger partial charge in [0.1, 0.15) is 0 Å². The van der Waals surface area contributed by atoms with Crippen molar-refractivity contribution in [1.82, 2.24) is 0 Å². The van der Waals surface area contributed by atoms with Gasteiger partial charge in [0.05, 0.1) is 11.8 Å². The largest absolute Gasteiger partial charge is 0.481 e. The lowest BCUT2D eigenvalue weighted by Gasteiger charge is -2.17. The Balaban J connectivity index is 2.96. The Morgan fingerprint density at radius 3 is 2.44 bits per heavy atom.